The molecule has 1 aliphatic carbocycles. The third-order valence-corrected chi connectivity index (χ3v) is 7.79. The highest BCUT2D eigenvalue weighted by molar-refractivity contribution is 7.99. The zero-order chi connectivity index (χ0) is 24.7. The number of amides is 2. The molecule has 0 aromatic heterocycles. The van der Waals surface area contributed by atoms with Crippen LogP contribution in [0.1, 0.15) is 61.3 Å². The van der Waals surface area contributed by atoms with E-state index in [4.69, 9.17) is 23.2 Å². The highest BCUT2D eigenvalue weighted by atomic mass is 35.5. The highest BCUT2D eigenvalue weighted by Crippen LogP contribution is 2.25. The van der Waals surface area contributed by atoms with Crippen LogP contribution in [0.4, 0.5) is 0 Å². The number of benzene rings is 2. The average molecular weight is 522 g/mol. The molecule has 0 bridgehead atoms. The van der Waals surface area contributed by atoms with Gasteiger partial charge in [-0.2, -0.15) is 0 Å². The Morgan fingerprint density at radius 2 is 1.76 bits per heavy atom. The Bertz CT molecular complexity index is 988. The summed E-state index contributed by atoms with van der Waals surface area (Å²) in [5.74, 6) is 0.904. The molecule has 1 unspecified atom stereocenters. The highest BCUT2D eigenvalue weighted by Gasteiger charge is 2.30. The van der Waals surface area contributed by atoms with Gasteiger partial charge >= 0.3 is 0 Å². The molecule has 1 aliphatic rings. The van der Waals surface area contributed by atoms with Crippen molar-refractivity contribution in [3.05, 3.63) is 68.7 Å². The van der Waals surface area contributed by atoms with Gasteiger partial charge in [-0.15, -0.1) is 11.8 Å². The van der Waals surface area contributed by atoms with E-state index in [-0.39, 0.29) is 24.4 Å². The summed E-state index contributed by atoms with van der Waals surface area (Å²) in [6, 6.07) is 11.4. The fraction of sp³-hybridized carbons (Fsp3) is 0.481. The zero-order valence-electron chi connectivity index (χ0n) is 20.2. The van der Waals surface area contributed by atoms with Gasteiger partial charge in [0, 0.05) is 28.4 Å². The Labute approximate surface area is 217 Å². The van der Waals surface area contributed by atoms with E-state index in [2.05, 4.69) is 37.4 Å². The number of hydrogen-bond donors (Lipinski definition) is 1. The second-order valence-electron chi connectivity index (χ2n) is 9.16. The Balaban J connectivity index is 1.74. The van der Waals surface area contributed by atoms with E-state index in [0.29, 0.717) is 22.2 Å². The number of carbonyl (C=O) groups excluding carboxylic acids is 2. The largest absolute Gasteiger partial charge is 0.352 e. The van der Waals surface area contributed by atoms with E-state index < -0.39 is 6.04 Å². The maximum absolute atomic E-state index is 13.4. The van der Waals surface area contributed by atoms with Crippen LogP contribution in [0.15, 0.2) is 36.4 Å². The maximum Gasteiger partial charge on any atom is 0.243 e. The predicted molar refractivity (Wildman–Crippen MR) is 144 cm³/mol. The minimum absolute atomic E-state index is 0.0613. The van der Waals surface area contributed by atoms with E-state index in [1.54, 1.807) is 28.8 Å². The molecule has 1 N–H and O–H groups in total. The van der Waals surface area contributed by atoms with Gasteiger partial charge in [0.05, 0.1) is 5.75 Å². The number of rotatable bonds is 10. The van der Waals surface area contributed by atoms with E-state index in [0.717, 1.165) is 37.0 Å². The van der Waals surface area contributed by atoms with Crippen LogP contribution in [0.2, 0.25) is 10.0 Å². The smallest absolute Gasteiger partial charge is 0.243 e. The first-order chi connectivity index (χ1) is 16.3. The van der Waals surface area contributed by atoms with Crippen molar-refractivity contribution >= 4 is 46.8 Å². The first kappa shape index (κ1) is 26.9. The molecule has 3 rings (SSSR count). The summed E-state index contributed by atoms with van der Waals surface area (Å²) in [6.45, 7) is 6.39. The molecule has 34 heavy (non-hydrogen) atoms. The van der Waals surface area contributed by atoms with Gasteiger partial charge in [-0.25, -0.2) is 0 Å². The van der Waals surface area contributed by atoms with E-state index in [1.165, 1.54) is 16.7 Å². The minimum Gasteiger partial charge on any atom is -0.352 e. The molecule has 184 valence electrons. The van der Waals surface area contributed by atoms with Gasteiger partial charge in [-0.3, -0.25) is 9.59 Å². The van der Waals surface area contributed by atoms with Gasteiger partial charge in [-0.05, 0) is 56.4 Å². The number of thioether (sulfide) groups is 1. The summed E-state index contributed by atoms with van der Waals surface area (Å²) < 4.78 is 0. The SMILES string of the molecule is CCC(C(=O)NC1CCCC1)N(Cc1ccc(Cl)cc1Cl)C(=O)CSCc1cc(C)cc(C)c1. The number of aryl methyl sites for hydroxylation is 2. The molecule has 2 amide bonds. The summed E-state index contributed by atoms with van der Waals surface area (Å²) >= 11 is 14.1. The standard InChI is InChI=1S/C27H34Cl2N2O2S/c1-4-25(27(33)30-23-7-5-6-8-23)31(15-21-9-10-22(28)14-24(21)29)26(32)17-34-16-20-12-18(2)11-19(3)13-20/h9-14,23,25H,4-8,15-17H2,1-3H3,(H,30,33). The molecule has 0 saturated heterocycles. The first-order valence-electron chi connectivity index (χ1n) is 12.0. The second-order valence-corrected chi connectivity index (χ2v) is 11.0. The molecule has 0 heterocycles. The third kappa shape index (κ3) is 7.66. The molecule has 0 spiro atoms. The van der Waals surface area contributed by atoms with Crippen molar-refractivity contribution in [2.45, 2.75) is 77.3 Å². The molecule has 1 saturated carbocycles. The number of nitrogens with zero attached hydrogens (tertiary/aromatic N) is 1. The van der Waals surface area contributed by atoms with Crippen LogP contribution in [0.3, 0.4) is 0 Å². The molecule has 1 fully saturated rings. The molecular formula is C27H34Cl2N2O2S. The molecular weight excluding hydrogens is 487 g/mol. The molecule has 7 heteroatoms. The van der Waals surface area contributed by atoms with Crippen LogP contribution in [0.25, 0.3) is 0 Å². The lowest BCUT2D eigenvalue weighted by atomic mass is 10.1. The van der Waals surface area contributed by atoms with Crippen molar-refractivity contribution in [1.82, 2.24) is 10.2 Å². The van der Waals surface area contributed by atoms with Gasteiger partial charge in [-0.1, -0.05) is 78.4 Å². The van der Waals surface area contributed by atoms with E-state index in [1.807, 2.05) is 13.0 Å². The molecule has 0 radical (unpaired) electrons. The molecule has 2 aromatic carbocycles. The Hall–Kier alpha value is -1.69. The lowest BCUT2D eigenvalue weighted by molar-refractivity contribution is -0.139. The number of halogens is 2. The van der Waals surface area contributed by atoms with Gasteiger partial charge in [0.1, 0.15) is 6.04 Å². The Morgan fingerprint density at radius 1 is 1.09 bits per heavy atom. The summed E-state index contributed by atoms with van der Waals surface area (Å²) in [5, 5.41) is 4.22. The van der Waals surface area contributed by atoms with Gasteiger partial charge < -0.3 is 10.2 Å². The molecule has 0 aliphatic heterocycles. The quantitative estimate of drug-likeness (QED) is 0.378. The first-order valence-corrected chi connectivity index (χ1v) is 13.9. The molecule has 1 atom stereocenters. The normalized spacial score (nSPS) is 14.7. The van der Waals surface area contributed by atoms with Crippen LogP contribution in [-0.2, 0) is 21.9 Å². The fourth-order valence-corrected chi connectivity index (χ4v) is 5.93. The summed E-state index contributed by atoms with van der Waals surface area (Å²) in [7, 11) is 0. The lowest BCUT2D eigenvalue weighted by Crippen LogP contribution is -2.51. The van der Waals surface area contributed by atoms with Gasteiger partial charge in [0.25, 0.3) is 0 Å². The summed E-state index contributed by atoms with van der Waals surface area (Å²) in [5.41, 5.74) is 4.42. The van der Waals surface area contributed by atoms with Crippen LogP contribution in [0.5, 0.6) is 0 Å². The average Bonchev–Trinajstić information content (AvgIpc) is 3.27. The molecule has 4 nitrogen and oxygen atoms in total. The number of carbonyl (C=O) groups is 2. The van der Waals surface area contributed by atoms with Gasteiger partial charge in [0.2, 0.25) is 11.8 Å². The zero-order valence-corrected chi connectivity index (χ0v) is 22.5. The summed E-state index contributed by atoms with van der Waals surface area (Å²) in [4.78, 5) is 28.3. The Kier molecular flexibility index (Phi) is 10.2. The van der Waals surface area contributed by atoms with Crippen molar-refractivity contribution in [1.29, 1.82) is 0 Å². The topological polar surface area (TPSA) is 49.4 Å². The third-order valence-electron chi connectivity index (χ3n) is 6.22. The van der Waals surface area contributed by atoms with Crippen LogP contribution in [-0.4, -0.2) is 34.6 Å². The Morgan fingerprint density at radius 3 is 2.38 bits per heavy atom. The van der Waals surface area contributed by atoms with Crippen LogP contribution >= 0.6 is 35.0 Å². The summed E-state index contributed by atoms with van der Waals surface area (Å²) in [6.07, 6.45) is 4.83. The van der Waals surface area contributed by atoms with Crippen molar-refractivity contribution in [2.24, 2.45) is 0 Å². The molecule has 2 aromatic rings. The minimum atomic E-state index is -0.540. The van der Waals surface area contributed by atoms with Gasteiger partial charge in [0.15, 0.2) is 0 Å². The second kappa shape index (κ2) is 12.9. The maximum atomic E-state index is 13.4. The monoisotopic (exact) mass is 520 g/mol. The predicted octanol–water partition coefficient (Wildman–Crippen LogP) is 6.71. The van der Waals surface area contributed by atoms with Crippen LogP contribution < -0.4 is 5.32 Å². The van der Waals surface area contributed by atoms with Crippen molar-refractivity contribution < 1.29 is 9.59 Å². The number of nitrogens with one attached hydrogen (secondary N) is 1. The van der Waals surface area contributed by atoms with E-state index >= 15 is 0 Å². The van der Waals surface area contributed by atoms with Crippen molar-refractivity contribution in [3.8, 4) is 0 Å². The van der Waals surface area contributed by atoms with E-state index in [9.17, 15) is 9.59 Å². The lowest BCUT2D eigenvalue weighted by Gasteiger charge is -2.31. The number of hydrogen-bond acceptors (Lipinski definition) is 3. The van der Waals surface area contributed by atoms with Crippen LogP contribution in [0, 0.1) is 13.8 Å². The fourth-order valence-electron chi connectivity index (χ4n) is 4.61. The van der Waals surface area contributed by atoms with Crippen molar-refractivity contribution in [2.75, 3.05) is 5.75 Å². The van der Waals surface area contributed by atoms with Crippen molar-refractivity contribution in [3.63, 3.8) is 0 Å².